The van der Waals surface area contributed by atoms with Crippen molar-refractivity contribution in [3.8, 4) is 0 Å². The molecule has 1 amide bonds. The number of amides is 1. The average Bonchev–Trinajstić information content (AvgIpc) is 2.17. The van der Waals surface area contributed by atoms with Crippen LogP contribution in [0.1, 0.15) is 6.92 Å². The van der Waals surface area contributed by atoms with Crippen molar-refractivity contribution in [3.05, 3.63) is 12.2 Å². The fourth-order valence-corrected chi connectivity index (χ4v) is 0.753. The summed E-state index contributed by atoms with van der Waals surface area (Å²) in [5.74, 6) is -0.472. The van der Waals surface area contributed by atoms with Gasteiger partial charge in [0.2, 0.25) is 0 Å². The standard InChI is InChI=1S/C10H18NO5/c1-8(2)9(12)15-7-6-11(3,4)10(13)16-14-5/h1,6-7H2,2-5H3/q+1. The molecular weight excluding hydrogens is 214 g/mol. The minimum Gasteiger partial charge on any atom is -0.456 e. The number of ether oxygens (including phenoxy) is 1. The van der Waals surface area contributed by atoms with Crippen molar-refractivity contribution in [2.24, 2.45) is 0 Å². The van der Waals surface area contributed by atoms with Gasteiger partial charge in [-0.2, -0.15) is 9.68 Å². The summed E-state index contributed by atoms with van der Waals surface area (Å²) in [6.07, 6.45) is -0.561. The summed E-state index contributed by atoms with van der Waals surface area (Å²) in [5.41, 5.74) is 0.324. The van der Waals surface area contributed by atoms with Crippen molar-refractivity contribution in [2.75, 3.05) is 34.4 Å². The Balaban J connectivity index is 4.04. The molecule has 92 valence electrons. The number of esters is 1. The van der Waals surface area contributed by atoms with Gasteiger partial charge in [-0.1, -0.05) is 6.58 Å². The molecule has 0 unspecified atom stereocenters. The molecule has 6 nitrogen and oxygen atoms in total. The molecular formula is C10H18NO5+. The van der Waals surface area contributed by atoms with Gasteiger partial charge < -0.3 is 4.74 Å². The minimum absolute atomic E-state index is 0.0999. The van der Waals surface area contributed by atoms with Gasteiger partial charge in [-0.25, -0.2) is 14.2 Å². The van der Waals surface area contributed by atoms with E-state index in [1.54, 1.807) is 21.0 Å². The Hall–Kier alpha value is -1.40. The first-order chi connectivity index (χ1) is 7.31. The first-order valence-corrected chi connectivity index (χ1v) is 4.72. The first-order valence-electron chi connectivity index (χ1n) is 4.72. The van der Waals surface area contributed by atoms with Crippen LogP contribution >= 0.6 is 0 Å². The summed E-state index contributed by atoms with van der Waals surface area (Å²) >= 11 is 0. The maximum atomic E-state index is 11.3. The lowest BCUT2D eigenvalue weighted by atomic mass is 10.4. The molecule has 0 radical (unpaired) electrons. The number of carbonyl (C=O) groups excluding carboxylic acids is 2. The van der Waals surface area contributed by atoms with Gasteiger partial charge in [0, 0.05) is 5.57 Å². The zero-order chi connectivity index (χ0) is 12.8. The number of carbonyl (C=O) groups is 2. The SMILES string of the molecule is C=C(C)C(=O)OCC[N+](C)(C)C(=O)OOC. The minimum atomic E-state index is -0.561. The molecule has 6 heteroatoms. The third-order valence-corrected chi connectivity index (χ3v) is 1.88. The zero-order valence-electron chi connectivity index (χ0n) is 10.1. The van der Waals surface area contributed by atoms with Gasteiger partial charge in [0.15, 0.2) is 0 Å². The Labute approximate surface area is 94.9 Å². The predicted molar refractivity (Wildman–Crippen MR) is 56.2 cm³/mol. The van der Waals surface area contributed by atoms with E-state index < -0.39 is 12.1 Å². The van der Waals surface area contributed by atoms with E-state index >= 15 is 0 Å². The Kier molecular flexibility index (Phi) is 5.69. The van der Waals surface area contributed by atoms with Gasteiger partial charge >= 0.3 is 12.1 Å². The highest BCUT2D eigenvalue weighted by atomic mass is 17.2. The van der Waals surface area contributed by atoms with E-state index in [9.17, 15) is 9.59 Å². The lowest BCUT2D eigenvalue weighted by molar-refractivity contribution is -0.822. The molecule has 0 aliphatic rings. The number of hydrogen-bond acceptors (Lipinski definition) is 5. The topological polar surface area (TPSA) is 61.8 Å². The number of quaternary nitrogens is 1. The van der Waals surface area contributed by atoms with Gasteiger partial charge in [-0.15, -0.1) is 0 Å². The molecule has 0 spiro atoms. The maximum Gasteiger partial charge on any atom is 0.547 e. The summed E-state index contributed by atoms with van der Waals surface area (Å²) in [7, 11) is 4.49. The van der Waals surface area contributed by atoms with Crippen LogP contribution in [0.25, 0.3) is 0 Å². The fourth-order valence-electron chi connectivity index (χ4n) is 0.753. The van der Waals surface area contributed by atoms with Gasteiger partial charge in [0.25, 0.3) is 0 Å². The van der Waals surface area contributed by atoms with Crippen molar-refractivity contribution in [1.82, 2.24) is 0 Å². The van der Waals surface area contributed by atoms with Crippen molar-refractivity contribution in [3.63, 3.8) is 0 Å². The van der Waals surface area contributed by atoms with Crippen LogP contribution in [0.5, 0.6) is 0 Å². The molecule has 0 atom stereocenters. The van der Waals surface area contributed by atoms with Crippen molar-refractivity contribution in [2.45, 2.75) is 6.92 Å². The summed E-state index contributed by atoms with van der Waals surface area (Å²) in [5, 5.41) is 0. The van der Waals surface area contributed by atoms with Gasteiger partial charge in [-0.3, -0.25) is 0 Å². The normalized spacial score (nSPS) is 10.8. The molecule has 0 aromatic carbocycles. The second-order valence-corrected chi connectivity index (χ2v) is 3.84. The molecule has 0 fully saturated rings. The van der Waals surface area contributed by atoms with E-state index in [1.165, 1.54) is 7.11 Å². The van der Waals surface area contributed by atoms with E-state index in [2.05, 4.69) is 16.4 Å². The molecule has 0 rings (SSSR count). The van der Waals surface area contributed by atoms with E-state index in [1.807, 2.05) is 0 Å². The highest BCUT2D eigenvalue weighted by Crippen LogP contribution is 2.02. The van der Waals surface area contributed by atoms with Crippen LogP contribution < -0.4 is 0 Å². The molecule has 0 saturated carbocycles. The fraction of sp³-hybridized carbons (Fsp3) is 0.600. The summed E-state index contributed by atoms with van der Waals surface area (Å²) in [6, 6.07) is 0. The Morgan fingerprint density at radius 1 is 1.31 bits per heavy atom. The number of hydrogen-bond donors (Lipinski definition) is 0. The molecule has 0 saturated heterocycles. The number of likely N-dealkylation sites (N-methyl/N-ethyl adjacent to an activating group) is 1. The molecule has 0 aliphatic carbocycles. The molecule has 0 heterocycles. The van der Waals surface area contributed by atoms with Crippen molar-refractivity contribution >= 4 is 12.1 Å². The number of nitrogens with zero attached hydrogens (tertiary/aromatic N) is 1. The van der Waals surface area contributed by atoms with Crippen LogP contribution in [0, 0.1) is 0 Å². The first kappa shape index (κ1) is 14.6. The van der Waals surface area contributed by atoms with E-state index in [0.717, 1.165) is 0 Å². The van der Waals surface area contributed by atoms with E-state index in [0.29, 0.717) is 12.1 Å². The summed E-state index contributed by atoms with van der Waals surface area (Å²) in [6.45, 7) is 5.40. The van der Waals surface area contributed by atoms with Gasteiger partial charge in [0.05, 0.1) is 21.2 Å². The van der Waals surface area contributed by atoms with Crippen LogP contribution in [0.15, 0.2) is 12.2 Å². The molecule has 0 bridgehead atoms. The maximum absolute atomic E-state index is 11.3. The van der Waals surface area contributed by atoms with Crippen LogP contribution in [0.2, 0.25) is 0 Å². The average molecular weight is 232 g/mol. The largest absolute Gasteiger partial charge is 0.547 e. The smallest absolute Gasteiger partial charge is 0.456 e. The monoisotopic (exact) mass is 232 g/mol. The summed E-state index contributed by atoms with van der Waals surface area (Å²) in [4.78, 5) is 31.1. The van der Waals surface area contributed by atoms with E-state index in [4.69, 9.17) is 4.74 Å². The molecule has 16 heavy (non-hydrogen) atoms. The van der Waals surface area contributed by atoms with Crippen LogP contribution in [0.3, 0.4) is 0 Å². The van der Waals surface area contributed by atoms with Gasteiger partial charge in [0.1, 0.15) is 13.2 Å². The molecule has 0 aromatic rings. The van der Waals surface area contributed by atoms with Crippen molar-refractivity contribution < 1.29 is 28.6 Å². The lowest BCUT2D eigenvalue weighted by Gasteiger charge is -2.23. The van der Waals surface area contributed by atoms with Crippen LogP contribution in [-0.2, 0) is 19.3 Å². The number of rotatable bonds is 5. The zero-order valence-corrected chi connectivity index (χ0v) is 10.1. The molecule has 0 N–H and O–H groups in total. The highest BCUT2D eigenvalue weighted by molar-refractivity contribution is 5.86. The van der Waals surface area contributed by atoms with Crippen molar-refractivity contribution in [1.29, 1.82) is 0 Å². The quantitative estimate of drug-likeness (QED) is 0.231. The second-order valence-electron chi connectivity index (χ2n) is 3.84. The molecule has 0 aromatic heterocycles. The summed E-state index contributed by atoms with van der Waals surface area (Å²) < 4.78 is 4.77. The Bertz CT molecular complexity index is 285. The predicted octanol–water partition coefficient (Wildman–Crippen LogP) is 0.880. The third-order valence-electron chi connectivity index (χ3n) is 1.88. The Morgan fingerprint density at radius 2 is 1.88 bits per heavy atom. The highest BCUT2D eigenvalue weighted by Gasteiger charge is 2.29. The third kappa shape index (κ3) is 4.90. The van der Waals surface area contributed by atoms with Crippen LogP contribution in [0.4, 0.5) is 4.79 Å². The lowest BCUT2D eigenvalue weighted by Crippen LogP contribution is -2.48. The van der Waals surface area contributed by atoms with Crippen LogP contribution in [-0.4, -0.2) is 50.9 Å². The second kappa shape index (κ2) is 6.24. The molecule has 0 aliphatic heterocycles. The Morgan fingerprint density at radius 3 is 2.31 bits per heavy atom. The van der Waals surface area contributed by atoms with E-state index in [-0.39, 0.29) is 11.1 Å². The van der Waals surface area contributed by atoms with Gasteiger partial charge in [-0.05, 0) is 6.92 Å².